The molecule has 0 aliphatic carbocycles. The quantitative estimate of drug-likeness (QED) is 0.393. The Balaban J connectivity index is 2.02. The van der Waals surface area contributed by atoms with Crippen LogP contribution in [0.5, 0.6) is 5.88 Å². The van der Waals surface area contributed by atoms with Crippen molar-refractivity contribution in [1.82, 2.24) is 9.78 Å². The van der Waals surface area contributed by atoms with E-state index in [2.05, 4.69) is 5.10 Å². The fourth-order valence-corrected chi connectivity index (χ4v) is 5.42. The third-order valence-electron chi connectivity index (χ3n) is 5.25. The summed E-state index contributed by atoms with van der Waals surface area (Å²) in [5, 5.41) is 4.36. The van der Waals surface area contributed by atoms with Crippen LogP contribution in [0.2, 0.25) is 5.02 Å². The van der Waals surface area contributed by atoms with Crippen molar-refractivity contribution in [2.75, 3.05) is 12.9 Å². The molecule has 1 heterocycles. The van der Waals surface area contributed by atoms with Crippen LogP contribution in [0.1, 0.15) is 51.3 Å². The van der Waals surface area contributed by atoms with Crippen LogP contribution in [-0.4, -0.2) is 42.6 Å². The zero-order valence-corrected chi connectivity index (χ0v) is 21.3. The van der Waals surface area contributed by atoms with Crippen LogP contribution in [0.15, 0.2) is 47.5 Å². The lowest BCUT2D eigenvalue weighted by atomic mass is 10.0. The summed E-state index contributed by atoms with van der Waals surface area (Å²) in [5.41, 5.74) is 1.52. The lowest BCUT2D eigenvalue weighted by molar-refractivity contribution is 0.0906. The molecule has 0 radical (unpaired) electrons. The van der Waals surface area contributed by atoms with Gasteiger partial charge in [0.15, 0.2) is 22.2 Å². The Morgan fingerprint density at radius 2 is 1.76 bits per heavy atom. The third kappa shape index (κ3) is 5.39. The van der Waals surface area contributed by atoms with Gasteiger partial charge in [-0.3, -0.25) is 9.59 Å². The van der Waals surface area contributed by atoms with Gasteiger partial charge in [0, 0.05) is 23.9 Å². The van der Waals surface area contributed by atoms with E-state index in [0.717, 1.165) is 6.26 Å². The van der Waals surface area contributed by atoms with E-state index < -0.39 is 15.6 Å². The summed E-state index contributed by atoms with van der Waals surface area (Å²) in [6, 6.07) is 10.2. The molecule has 3 aromatic rings. The molecule has 0 spiro atoms. The maximum Gasteiger partial charge on any atom is 0.223 e. The first kappa shape index (κ1) is 25.6. The number of carbonyl (C=O) groups excluding carboxylic acids is 2. The van der Waals surface area contributed by atoms with Gasteiger partial charge in [-0.25, -0.2) is 13.1 Å². The third-order valence-corrected chi connectivity index (χ3v) is 7.11. The average Bonchev–Trinajstić information content (AvgIpc) is 3.15. The summed E-state index contributed by atoms with van der Waals surface area (Å²) < 4.78 is 31.8. The molecule has 34 heavy (non-hydrogen) atoms. The van der Waals surface area contributed by atoms with Crippen LogP contribution >= 0.6 is 11.6 Å². The van der Waals surface area contributed by atoms with Crippen LogP contribution in [0.25, 0.3) is 0 Å². The minimum Gasteiger partial charge on any atom is -0.469 e. The number of rotatable bonds is 9. The van der Waals surface area contributed by atoms with Crippen molar-refractivity contribution < 1.29 is 22.7 Å². The SMILES string of the molecule is Cc1cc(C(=O)c2cnn(CC(C)C)c2OCC(=O)c2ccccc2)c(Cl)c(C)c1S(C)(=O)=O. The largest absolute Gasteiger partial charge is 0.469 e. The number of ketones is 2. The maximum absolute atomic E-state index is 13.5. The zero-order valence-electron chi connectivity index (χ0n) is 19.8. The number of aromatic nitrogens is 2. The van der Waals surface area contributed by atoms with Crippen molar-refractivity contribution in [3.8, 4) is 5.88 Å². The van der Waals surface area contributed by atoms with E-state index in [-0.39, 0.29) is 45.2 Å². The molecule has 1 aromatic heterocycles. The second kappa shape index (κ2) is 10.1. The summed E-state index contributed by atoms with van der Waals surface area (Å²) in [6.07, 6.45) is 2.49. The number of ether oxygens (including phenoxy) is 1. The molecule has 7 nitrogen and oxygen atoms in total. The summed E-state index contributed by atoms with van der Waals surface area (Å²) >= 11 is 6.46. The normalized spacial score (nSPS) is 11.6. The molecule has 0 bridgehead atoms. The maximum atomic E-state index is 13.5. The van der Waals surface area contributed by atoms with Gasteiger partial charge in [0.25, 0.3) is 0 Å². The van der Waals surface area contributed by atoms with Crippen molar-refractivity contribution >= 4 is 33.0 Å². The van der Waals surface area contributed by atoms with E-state index in [1.807, 2.05) is 19.9 Å². The molecule has 0 N–H and O–H groups in total. The molecular weight excluding hydrogens is 476 g/mol. The van der Waals surface area contributed by atoms with Crippen molar-refractivity contribution in [3.63, 3.8) is 0 Å². The molecule has 0 saturated carbocycles. The number of benzene rings is 2. The topological polar surface area (TPSA) is 95.3 Å². The summed E-state index contributed by atoms with van der Waals surface area (Å²) in [5.74, 6) is -0.328. The molecule has 0 saturated heterocycles. The number of aryl methyl sites for hydroxylation is 1. The first-order chi connectivity index (χ1) is 15.9. The molecular formula is C25H27ClN2O5S. The van der Waals surface area contributed by atoms with Crippen molar-refractivity contribution in [2.24, 2.45) is 5.92 Å². The molecule has 0 amide bonds. The molecule has 3 rings (SSSR count). The Morgan fingerprint density at radius 1 is 1.12 bits per heavy atom. The molecule has 0 aliphatic rings. The molecule has 2 aromatic carbocycles. The van der Waals surface area contributed by atoms with Gasteiger partial charge in [0.05, 0.1) is 16.1 Å². The van der Waals surface area contributed by atoms with E-state index in [1.165, 1.54) is 12.3 Å². The molecule has 0 unspecified atom stereocenters. The highest BCUT2D eigenvalue weighted by molar-refractivity contribution is 7.90. The van der Waals surface area contributed by atoms with Gasteiger partial charge in [-0.2, -0.15) is 5.10 Å². The average molecular weight is 503 g/mol. The van der Waals surface area contributed by atoms with E-state index in [4.69, 9.17) is 16.3 Å². The van der Waals surface area contributed by atoms with Crippen molar-refractivity contribution in [1.29, 1.82) is 0 Å². The van der Waals surface area contributed by atoms with Gasteiger partial charge in [-0.15, -0.1) is 0 Å². The highest BCUT2D eigenvalue weighted by Gasteiger charge is 2.27. The van der Waals surface area contributed by atoms with Crippen LogP contribution in [-0.2, 0) is 16.4 Å². The number of hydrogen-bond acceptors (Lipinski definition) is 6. The molecule has 180 valence electrons. The first-order valence-electron chi connectivity index (χ1n) is 10.7. The van der Waals surface area contributed by atoms with Crippen LogP contribution in [0.4, 0.5) is 0 Å². The highest BCUT2D eigenvalue weighted by Crippen LogP contribution is 2.33. The van der Waals surface area contributed by atoms with Crippen molar-refractivity contribution in [2.45, 2.75) is 39.1 Å². The van der Waals surface area contributed by atoms with Crippen LogP contribution in [0, 0.1) is 19.8 Å². The van der Waals surface area contributed by atoms with Gasteiger partial charge >= 0.3 is 0 Å². The predicted molar refractivity (Wildman–Crippen MR) is 131 cm³/mol. The summed E-state index contributed by atoms with van der Waals surface area (Å²) in [6.45, 7) is 7.38. The lowest BCUT2D eigenvalue weighted by Crippen LogP contribution is -2.17. The molecule has 0 fully saturated rings. The van der Waals surface area contributed by atoms with Crippen LogP contribution < -0.4 is 4.74 Å². The Labute approximate surface area is 204 Å². The van der Waals surface area contributed by atoms with Crippen LogP contribution in [0.3, 0.4) is 0 Å². The van der Waals surface area contributed by atoms with Gasteiger partial charge in [0.2, 0.25) is 11.7 Å². The number of carbonyl (C=O) groups is 2. The number of Topliss-reactive ketones (excluding diaryl/α,β-unsaturated/α-hetero) is 1. The Hall–Kier alpha value is -2.97. The Bertz CT molecular complexity index is 1350. The summed E-state index contributed by atoms with van der Waals surface area (Å²) in [4.78, 5) is 26.2. The smallest absolute Gasteiger partial charge is 0.223 e. The lowest BCUT2D eigenvalue weighted by Gasteiger charge is -2.15. The van der Waals surface area contributed by atoms with E-state index in [9.17, 15) is 18.0 Å². The fraction of sp³-hybridized carbons (Fsp3) is 0.320. The van der Waals surface area contributed by atoms with Crippen molar-refractivity contribution in [3.05, 3.63) is 75.4 Å². The molecule has 9 heteroatoms. The number of halogens is 1. The molecule has 0 atom stereocenters. The van der Waals surface area contributed by atoms with E-state index in [0.29, 0.717) is 23.2 Å². The second-order valence-corrected chi connectivity index (χ2v) is 11.0. The number of sulfone groups is 1. The number of nitrogens with zero attached hydrogens (tertiary/aromatic N) is 2. The predicted octanol–water partition coefficient (Wildman–Crippen LogP) is 4.71. The monoisotopic (exact) mass is 502 g/mol. The Kier molecular flexibility index (Phi) is 7.63. The second-order valence-electron chi connectivity index (χ2n) is 8.63. The fourth-order valence-electron chi connectivity index (χ4n) is 3.82. The number of hydrogen-bond donors (Lipinski definition) is 0. The first-order valence-corrected chi connectivity index (χ1v) is 13.0. The molecule has 0 aliphatic heterocycles. The van der Waals surface area contributed by atoms with Gasteiger partial charge in [0.1, 0.15) is 5.56 Å². The zero-order chi connectivity index (χ0) is 25.2. The minimum atomic E-state index is -3.53. The summed E-state index contributed by atoms with van der Waals surface area (Å²) in [7, 11) is -3.53. The van der Waals surface area contributed by atoms with Gasteiger partial charge in [-0.05, 0) is 37.0 Å². The highest BCUT2D eigenvalue weighted by atomic mass is 35.5. The standard InChI is InChI=1S/C25H27ClN2O5S/c1-15(2)13-28-25(33-14-21(29)18-9-7-6-8-10-18)20(12-27-28)23(30)19-11-16(3)24(34(5,31)32)17(4)22(19)26/h6-12,15H,13-14H2,1-5H3. The minimum absolute atomic E-state index is 0.0546. The van der Waals surface area contributed by atoms with E-state index in [1.54, 1.807) is 42.8 Å². The van der Waals surface area contributed by atoms with E-state index >= 15 is 0 Å². The van der Waals surface area contributed by atoms with Gasteiger partial charge < -0.3 is 4.74 Å². The van der Waals surface area contributed by atoms with Gasteiger partial charge in [-0.1, -0.05) is 55.8 Å². The Morgan fingerprint density at radius 3 is 2.35 bits per heavy atom.